The highest BCUT2D eigenvalue weighted by Gasteiger charge is 2.43. The van der Waals surface area contributed by atoms with Crippen molar-refractivity contribution in [3.63, 3.8) is 0 Å². The minimum Gasteiger partial charge on any atom is -0.486 e. The molecule has 0 radical (unpaired) electrons. The van der Waals surface area contributed by atoms with Crippen LogP contribution in [0.4, 0.5) is 17.6 Å². The van der Waals surface area contributed by atoms with Crippen molar-refractivity contribution >= 4 is 16.9 Å². The number of halogens is 4. The quantitative estimate of drug-likeness (QED) is 0.419. The van der Waals surface area contributed by atoms with E-state index in [0.29, 0.717) is 61.8 Å². The highest BCUT2D eigenvalue weighted by atomic mass is 19.4. The van der Waals surface area contributed by atoms with E-state index in [1.807, 2.05) is 4.90 Å². The van der Waals surface area contributed by atoms with Crippen molar-refractivity contribution in [2.45, 2.75) is 32.1 Å². The van der Waals surface area contributed by atoms with Crippen LogP contribution >= 0.6 is 0 Å². The fourth-order valence-electron chi connectivity index (χ4n) is 5.10. The average molecular weight is 550 g/mol. The maximum atomic E-state index is 13.8. The summed E-state index contributed by atoms with van der Waals surface area (Å²) in [6, 6.07) is 5.67. The van der Waals surface area contributed by atoms with Gasteiger partial charge in [-0.05, 0) is 31.4 Å². The molecule has 3 aromatic heterocycles. The van der Waals surface area contributed by atoms with Crippen LogP contribution in [0.1, 0.15) is 18.5 Å². The van der Waals surface area contributed by atoms with E-state index in [9.17, 15) is 27.2 Å². The van der Waals surface area contributed by atoms with Crippen molar-refractivity contribution in [1.82, 2.24) is 24.3 Å². The first-order valence-corrected chi connectivity index (χ1v) is 12.7. The summed E-state index contributed by atoms with van der Waals surface area (Å²) in [4.78, 5) is 35.8. The second-order valence-electron chi connectivity index (χ2n) is 9.69. The Morgan fingerprint density at radius 3 is 2.67 bits per heavy atom. The van der Waals surface area contributed by atoms with E-state index in [-0.39, 0.29) is 36.8 Å². The van der Waals surface area contributed by atoms with Gasteiger partial charge in [0.25, 0.3) is 5.56 Å². The maximum Gasteiger partial charge on any atom is 0.471 e. The number of fused-ring (bicyclic) bond motifs is 2. The standard InChI is InChI=1S/C26H27F4N5O4/c27-18-10-21-20(32-12-18)3-4-24(36)35(21)7-6-33-5-1-2-17(14-33)15-34(25(37)26(28,29)30)16-19-11-22-23(13-31-19)39-9-8-38-22/h3-4,10-13,17H,1-2,5-9,14-16H2. The van der Waals surface area contributed by atoms with Gasteiger partial charge in [0.1, 0.15) is 19.0 Å². The van der Waals surface area contributed by atoms with Crippen molar-refractivity contribution in [2.24, 2.45) is 5.92 Å². The molecule has 5 rings (SSSR count). The molecule has 1 fully saturated rings. The van der Waals surface area contributed by atoms with E-state index in [1.54, 1.807) is 0 Å². The SMILES string of the molecule is O=C(N(Cc1cc2c(cn1)OCCO2)CC1CCCN(CCn2c(=O)ccc3ncc(F)cc32)C1)C(F)(F)F. The molecule has 1 saturated heterocycles. The minimum absolute atomic E-state index is 0.103. The van der Waals surface area contributed by atoms with Crippen molar-refractivity contribution in [2.75, 3.05) is 39.4 Å². The number of amides is 1. The van der Waals surface area contributed by atoms with Crippen LogP contribution in [-0.2, 0) is 17.9 Å². The molecule has 5 heterocycles. The molecule has 3 aromatic rings. The molecule has 208 valence electrons. The molecular formula is C26H27F4N5O4. The van der Waals surface area contributed by atoms with E-state index < -0.39 is 17.9 Å². The van der Waals surface area contributed by atoms with Gasteiger partial charge in [-0.15, -0.1) is 0 Å². The summed E-state index contributed by atoms with van der Waals surface area (Å²) >= 11 is 0. The third-order valence-electron chi connectivity index (χ3n) is 6.90. The third kappa shape index (κ3) is 6.29. The molecule has 39 heavy (non-hydrogen) atoms. The van der Waals surface area contributed by atoms with Crippen LogP contribution in [0.25, 0.3) is 11.0 Å². The Balaban J connectivity index is 1.27. The number of carbonyl (C=O) groups excluding carboxylic acids is 1. The lowest BCUT2D eigenvalue weighted by Crippen LogP contribution is -2.47. The van der Waals surface area contributed by atoms with Crippen LogP contribution in [0, 0.1) is 11.7 Å². The molecule has 13 heteroatoms. The molecule has 1 amide bonds. The van der Waals surface area contributed by atoms with Gasteiger partial charge in [-0.25, -0.2) is 4.39 Å². The zero-order valence-electron chi connectivity index (χ0n) is 21.0. The number of pyridine rings is 3. The number of hydrogen-bond donors (Lipinski definition) is 0. The van der Waals surface area contributed by atoms with Crippen LogP contribution in [0.2, 0.25) is 0 Å². The summed E-state index contributed by atoms with van der Waals surface area (Å²) in [5.74, 6) is -1.90. The van der Waals surface area contributed by atoms with Gasteiger partial charge in [0.05, 0.1) is 35.7 Å². The van der Waals surface area contributed by atoms with Gasteiger partial charge in [0, 0.05) is 44.4 Å². The molecule has 0 bridgehead atoms. The van der Waals surface area contributed by atoms with Crippen LogP contribution < -0.4 is 15.0 Å². The topological polar surface area (TPSA) is 89.8 Å². The fraction of sp³-hybridized carbons (Fsp3) is 0.462. The number of hydrogen-bond acceptors (Lipinski definition) is 7. The van der Waals surface area contributed by atoms with Gasteiger partial charge in [0.2, 0.25) is 0 Å². The normalized spacial score (nSPS) is 17.8. The summed E-state index contributed by atoms with van der Waals surface area (Å²) in [5, 5.41) is 0. The Kier molecular flexibility index (Phi) is 7.69. The highest BCUT2D eigenvalue weighted by Crippen LogP contribution is 2.30. The van der Waals surface area contributed by atoms with E-state index in [2.05, 4.69) is 9.97 Å². The molecule has 2 aliphatic rings. The second kappa shape index (κ2) is 11.2. The summed E-state index contributed by atoms with van der Waals surface area (Å²) in [6.45, 7) is 2.08. The van der Waals surface area contributed by atoms with Gasteiger partial charge in [0.15, 0.2) is 11.5 Å². The lowest BCUT2D eigenvalue weighted by Gasteiger charge is -2.36. The number of rotatable bonds is 7. The molecule has 0 aromatic carbocycles. The fourth-order valence-corrected chi connectivity index (χ4v) is 5.10. The monoisotopic (exact) mass is 549 g/mol. The Morgan fingerprint density at radius 2 is 1.87 bits per heavy atom. The van der Waals surface area contributed by atoms with Gasteiger partial charge in [-0.3, -0.25) is 19.6 Å². The second-order valence-corrected chi connectivity index (χ2v) is 9.69. The molecule has 0 N–H and O–H groups in total. The third-order valence-corrected chi connectivity index (χ3v) is 6.90. The number of nitrogens with zero attached hydrogens (tertiary/aromatic N) is 5. The van der Waals surface area contributed by atoms with Crippen molar-refractivity contribution in [1.29, 1.82) is 0 Å². The molecular weight excluding hydrogens is 522 g/mol. The molecule has 0 saturated carbocycles. The predicted octanol–water partition coefficient (Wildman–Crippen LogP) is 3.00. The number of alkyl halides is 3. The first kappa shape index (κ1) is 26.9. The van der Waals surface area contributed by atoms with Crippen molar-refractivity contribution < 1.29 is 31.8 Å². The van der Waals surface area contributed by atoms with Gasteiger partial charge in [-0.1, -0.05) is 0 Å². The minimum atomic E-state index is -5.03. The summed E-state index contributed by atoms with van der Waals surface area (Å²) in [6.07, 6.45) is -1.18. The highest BCUT2D eigenvalue weighted by molar-refractivity contribution is 5.81. The average Bonchev–Trinajstić information content (AvgIpc) is 2.91. The maximum absolute atomic E-state index is 13.8. The number of ether oxygens (including phenoxy) is 2. The van der Waals surface area contributed by atoms with Crippen molar-refractivity contribution in [3.05, 3.63) is 58.5 Å². The van der Waals surface area contributed by atoms with Crippen LogP contribution in [0.5, 0.6) is 11.5 Å². The summed E-state index contributed by atoms with van der Waals surface area (Å²) < 4.78 is 66.6. The van der Waals surface area contributed by atoms with Crippen LogP contribution in [0.3, 0.4) is 0 Å². The van der Waals surface area contributed by atoms with Crippen LogP contribution in [0.15, 0.2) is 41.5 Å². The lowest BCUT2D eigenvalue weighted by atomic mass is 9.97. The number of piperidine rings is 1. The zero-order valence-corrected chi connectivity index (χ0v) is 21.0. The molecule has 1 unspecified atom stereocenters. The van der Waals surface area contributed by atoms with Gasteiger partial charge in [-0.2, -0.15) is 13.2 Å². The van der Waals surface area contributed by atoms with Gasteiger partial charge < -0.3 is 23.8 Å². The predicted molar refractivity (Wildman–Crippen MR) is 132 cm³/mol. The Morgan fingerprint density at radius 1 is 1.08 bits per heavy atom. The summed E-state index contributed by atoms with van der Waals surface area (Å²) in [7, 11) is 0. The van der Waals surface area contributed by atoms with E-state index in [1.165, 1.54) is 35.0 Å². The van der Waals surface area contributed by atoms with Crippen molar-refractivity contribution in [3.8, 4) is 11.5 Å². The molecule has 2 aliphatic heterocycles. The smallest absolute Gasteiger partial charge is 0.471 e. The van der Waals surface area contributed by atoms with E-state index in [4.69, 9.17) is 9.47 Å². The molecule has 0 aliphatic carbocycles. The van der Waals surface area contributed by atoms with E-state index >= 15 is 0 Å². The van der Waals surface area contributed by atoms with E-state index in [0.717, 1.165) is 17.5 Å². The Hall–Kier alpha value is -3.74. The first-order chi connectivity index (χ1) is 18.7. The zero-order chi connectivity index (χ0) is 27.6. The molecule has 0 spiro atoms. The number of aromatic nitrogens is 3. The lowest BCUT2D eigenvalue weighted by molar-refractivity contribution is -0.187. The van der Waals surface area contributed by atoms with Crippen LogP contribution in [-0.4, -0.2) is 75.8 Å². The Bertz CT molecular complexity index is 1410. The number of likely N-dealkylation sites (tertiary alicyclic amines) is 1. The van der Waals surface area contributed by atoms with Gasteiger partial charge >= 0.3 is 12.1 Å². The summed E-state index contributed by atoms with van der Waals surface area (Å²) in [5.41, 5.74) is 0.838. The molecule has 9 nitrogen and oxygen atoms in total. The first-order valence-electron chi connectivity index (χ1n) is 12.7. The molecule has 1 atom stereocenters. The largest absolute Gasteiger partial charge is 0.486 e. The number of carbonyl (C=O) groups is 1. The Labute approximate surface area is 221 Å².